The maximum atomic E-state index is 13.3. The van der Waals surface area contributed by atoms with Gasteiger partial charge in [-0.15, -0.1) is 11.3 Å². The van der Waals surface area contributed by atoms with E-state index in [1.807, 2.05) is 32.2 Å². The predicted octanol–water partition coefficient (Wildman–Crippen LogP) is 4.13. The molecular formula is C21H23FN4O2S. The first-order valence-electron chi connectivity index (χ1n) is 9.22. The molecule has 152 valence electrons. The maximum absolute atomic E-state index is 13.3. The summed E-state index contributed by atoms with van der Waals surface area (Å²) in [4.78, 5) is 25.0. The summed E-state index contributed by atoms with van der Waals surface area (Å²) in [7, 11) is 0. The average molecular weight is 415 g/mol. The second-order valence-electron chi connectivity index (χ2n) is 7.58. The molecule has 0 atom stereocenters. The molecule has 2 heterocycles. The second-order valence-corrected chi connectivity index (χ2v) is 8.53. The summed E-state index contributed by atoms with van der Waals surface area (Å²) >= 11 is 1.35. The van der Waals surface area contributed by atoms with Crippen LogP contribution < -0.4 is 10.6 Å². The topological polar surface area (TPSA) is 76.0 Å². The molecule has 0 saturated carbocycles. The Morgan fingerprint density at radius 3 is 2.52 bits per heavy atom. The van der Waals surface area contributed by atoms with Crippen molar-refractivity contribution in [2.24, 2.45) is 0 Å². The molecule has 29 heavy (non-hydrogen) atoms. The Labute approximate surface area is 172 Å². The van der Waals surface area contributed by atoms with E-state index in [9.17, 15) is 14.0 Å². The number of rotatable bonds is 6. The largest absolute Gasteiger partial charge is 0.351 e. The minimum atomic E-state index is -0.344. The maximum Gasteiger partial charge on any atom is 0.261 e. The zero-order valence-electron chi connectivity index (χ0n) is 16.5. The number of hydrogen-bond acceptors (Lipinski definition) is 4. The molecule has 6 nitrogen and oxygen atoms in total. The van der Waals surface area contributed by atoms with Crippen molar-refractivity contribution in [3.05, 3.63) is 64.2 Å². The van der Waals surface area contributed by atoms with Gasteiger partial charge in [0, 0.05) is 24.4 Å². The number of hydrogen-bond donors (Lipinski definition) is 2. The van der Waals surface area contributed by atoms with E-state index in [-0.39, 0.29) is 36.0 Å². The molecule has 1 aromatic carbocycles. The highest BCUT2D eigenvalue weighted by Crippen LogP contribution is 2.26. The van der Waals surface area contributed by atoms with Crippen LogP contribution in [0.2, 0.25) is 0 Å². The van der Waals surface area contributed by atoms with Gasteiger partial charge in [0.15, 0.2) is 0 Å². The van der Waals surface area contributed by atoms with Crippen molar-refractivity contribution >= 4 is 29.0 Å². The fourth-order valence-electron chi connectivity index (χ4n) is 2.61. The fourth-order valence-corrected chi connectivity index (χ4v) is 3.25. The lowest BCUT2D eigenvalue weighted by atomic mass is 9.92. The van der Waals surface area contributed by atoms with Crippen molar-refractivity contribution in [1.29, 1.82) is 0 Å². The van der Waals surface area contributed by atoms with Gasteiger partial charge in [-0.25, -0.2) is 9.07 Å². The first-order chi connectivity index (χ1) is 13.7. The molecule has 0 bridgehead atoms. The smallest absolute Gasteiger partial charge is 0.261 e. The van der Waals surface area contributed by atoms with E-state index < -0.39 is 0 Å². The van der Waals surface area contributed by atoms with Gasteiger partial charge in [0.2, 0.25) is 5.91 Å². The van der Waals surface area contributed by atoms with Gasteiger partial charge in [-0.2, -0.15) is 5.10 Å². The third-order valence-electron chi connectivity index (χ3n) is 4.20. The Morgan fingerprint density at radius 2 is 1.90 bits per heavy atom. The van der Waals surface area contributed by atoms with Gasteiger partial charge in [0.25, 0.3) is 5.91 Å². The van der Waals surface area contributed by atoms with Crippen molar-refractivity contribution in [2.45, 2.75) is 32.6 Å². The number of anilines is 1. The van der Waals surface area contributed by atoms with Crippen LogP contribution in [-0.2, 0) is 10.2 Å². The summed E-state index contributed by atoms with van der Waals surface area (Å²) in [6.45, 7) is 6.29. The van der Waals surface area contributed by atoms with Crippen molar-refractivity contribution in [2.75, 3.05) is 11.9 Å². The van der Waals surface area contributed by atoms with Crippen LogP contribution in [0.15, 0.2) is 47.8 Å². The van der Waals surface area contributed by atoms with Gasteiger partial charge in [-0.1, -0.05) is 26.8 Å². The molecule has 2 aromatic heterocycles. The Kier molecular flexibility index (Phi) is 6.12. The van der Waals surface area contributed by atoms with Crippen molar-refractivity contribution < 1.29 is 14.0 Å². The molecule has 0 unspecified atom stereocenters. The van der Waals surface area contributed by atoms with Gasteiger partial charge < -0.3 is 10.6 Å². The molecule has 0 radical (unpaired) electrons. The van der Waals surface area contributed by atoms with E-state index in [0.717, 1.165) is 5.69 Å². The van der Waals surface area contributed by atoms with Crippen LogP contribution in [0, 0.1) is 5.82 Å². The first-order valence-corrected chi connectivity index (χ1v) is 10.1. The molecule has 0 fully saturated rings. The minimum Gasteiger partial charge on any atom is -0.351 e. The Bertz CT molecular complexity index is 989. The van der Waals surface area contributed by atoms with Crippen molar-refractivity contribution in [3.63, 3.8) is 0 Å². The highest BCUT2D eigenvalue weighted by atomic mass is 32.1. The number of carbonyl (C=O) groups is 2. The molecule has 0 aliphatic carbocycles. The van der Waals surface area contributed by atoms with Crippen LogP contribution >= 0.6 is 11.3 Å². The predicted molar refractivity (Wildman–Crippen MR) is 112 cm³/mol. The van der Waals surface area contributed by atoms with Gasteiger partial charge in [0.05, 0.1) is 16.3 Å². The lowest BCUT2D eigenvalue weighted by Crippen LogP contribution is -2.27. The molecule has 0 saturated heterocycles. The summed E-state index contributed by atoms with van der Waals surface area (Å²) in [6, 6.07) is 11.2. The van der Waals surface area contributed by atoms with E-state index in [1.165, 1.54) is 23.5 Å². The molecule has 8 heteroatoms. The van der Waals surface area contributed by atoms with Crippen LogP contribution in [0.25, 0.3) is 5.69 Å². The Balaban J connectivity index is 1.70. The standard InChI is InChI=1S/C21H23FN4O2S/c1-21(2,3)17-13-18(26(25-17)15-8-6-14(22)7-9-15)24-19(27)10-11-23-20(28)16-5-4-12-29-16/h4-9,12-13H,10-11H2,1-3H3,(H,23,28)(H,24,27). The normalized spacial score (nSPS) is 11.3. The SMILES string of the molecule is CC(C)(C)c1cc(NC(=O)CCNC(=O)c2cccs2)n(-c2ccc(F)cc2)n1. The average Bonchev–Trinajstić information content (AvgIpc) is 3.32. The number of thiophene rings is 1. The highest BCUT2D eigenvalue weighted by Gasteiger charge is 2.21. The summed E-state index contributed by atoms with van der Waals surface area (Å²) in [5.41, 5.74) is 1.21. The molecule has 3 rings (SSSR count). The zero-order valence-corrected chi connectivity index (χ0v) is 17.3. The molecule has 0 spiro atoms. The van der Waals surface area contributed by atoms with E-state index in [2.05, 4.69) is 15.7 Å². The van der Waals surface area contributed by atoms with Gasteiger partial charge in [-0.3, -0.25) is 9.59 Å². The molecule has 2 N–H and O–H groups in total. The molecule has 0 aliphatic rings. The number of nitrogens with zero attached hydrogens (tertiary/aromatic N) is 2. The van der Waals surface area contributed by atoms with Crippen LogP contribution in [0.3, 0.4) is 0 Å². The molecule has 3 aromatic rings. The Hall–Kier alpha value is -3.00. The minimum absolute atomic E-state index is 0.122. The van der Waals surface area contributed by atoms with Gasteiger partial charge >= 0.3 is 0 Å². The number of amides is 2. The molecular weight excluding hydrogens is 391 g/mol. The van der Waals surface area contributed by atoms with Crippen molar-refractivity contribution in [1.82, 2.24) is 15.1 Å². The van der Waals surface area contributed by atoms with Crippen LogP contribution in [0.5, 0.6) is 0 Å². The quantitative estimate of drug-likeness (QED) is 0.637. The number of halogens is 1. The van der Waals surface area contributed by atoms with E-state index in [0.29, 0.717) is 16.4 Å². The number of carbonyl (C=O) groups excluding carboxylic acids is 2. The van der Waals surface area contributed by atoms with E-state index >= 15 is 0 Å². The number of aromatic nitrogens is 2. The summed E-state index contributed by atoms with van der Waals surface area (Å²) in [6.07, 6.45) is 0.122. The summed E-state index contributed by atoms with van der Waals surface area (Å²) in [5, 5.41) is 12.0. The third kappa shape index (κ3) is 5.29. The second kappa shape index (κ2) is 8.57. The van der Waals surface area contributed by atoms with Crippen LogP contribution in [-0.4, -0.2) is 28.1 Å². The van der Waals surface area contributed by atoms with Crippen molar-refractivity contribution in [3.8, 4) is 5.69 Å². The number of benzene rings is 1. The van der Waals surface area contributed by atoms with Gasteiger partial charge in [0.1, 0.15) is 11.6 Å². The van der Waals surface area contributed by atoms with E-state index in [1.54, 1.807) is 28.9 Å². The lowest BCUT2D eigenvalue weighted by molar-refractivity contribution is -0.116. The molecule has 2 amide bonds. The number of nitrogens with one attached hydrogen (secondary N) is 2. The first kappa shape index (κ1) is 20.7. The Morgan fingerprint density at radius 1 is 1.17 bits per heavy atom. The monoisotopic (exact) mass is 414 g/mol. The zero-order chi connectivity index (χ0) is 21.0. The lowest BCUT2D eigenvalue weighted by Gasteiger charge is -2.14. The summed E-state index contributed by atoms with van der Waals surface area (Å²) < 4.78 is 14.9. The van der Waals surface area contributed by atoms with E-state index in [4.69, 9.17) is 0 Å². The van der Waals surface area contributed by atoms with Gasteiger partial charge in [-0.05, 0) is 35.7 Å². The highest BCUT2D eigenvalue weighted by molar-refractivity contribution is 7.12. The van der Waals surface area contributed by atoms with Crippen LogP contribution in [0.1, 0.15) is 42.6 Å². The summed E-state index contributed by atoms with van der Waals surface area (Å²) in [5.74, 6) is -0.292. The fraction of sp³-hybridized carbons (Fsp3) is 0.286. The van der Waals surface area contributed by atoms with Crippen LogP contribution in [0.4, 0.5) is 10.2 Å². The molecule has 0 aliphatic heterocycles. The third-order valence-corrected chi connectivity index (χ3v) is 5.07.